The van der Waals surface area contributed by atoms with E-state index in [1.165, 1.54) is 24.3 Å². The number of aliphatic hydroxyl groups is 1. The van der Waals surface area contributed by atoms with Crippen LogP contribution in [-0.4, -0.2) is 29.8 Å². The summed E-state index contributed by atoms with van der Waals surface area (Å²) in [5.41, 5.74) is -0.953. The van der Waals surface area contributed by atoms with E-state index < -0.39 is 5.60 Å². The average Bonchev–Trinajstić information content (AvgIpc) is 2.25. The zero-order valence-electron chi connectivity index (χ0n) is 9.87. The number of amides is 1. The number of hydrogen-bond acceptors (Lipinski definition) is 3. The quantitative estimate of drug-likeness (QED) is 0.811. The zero-order valence-corrected chi connectivity index (χ0v) is 9.87. The van der Waals surface area contributed by atoms with Crippen molar-refractivity contribution in [2.75, 3.05) is 13.2 Å². The molecule has 0 aliphatic carbocycles. The minimum atomic E-state index is -0.953. The molecule has 4 nitrogen and oxygen atoms in total. The van der Waals surface area contributed by atoms with Crippen molar-refractivity contribution < 1.29 is 19.0 Å². The molecule has 0 saturated carbocycles. The Morgan fingerprint density at radius 2 is 2.00 bits per heavy atom. The van der Waals surface area contributed by atoms with Gasteiger partial charge in [0.1, 0.15) is 11.6 Å². The summed E-state index contributed by atoms with van der Waals surface area (Å²) in [7, 11) is 0. The summed E-state index contributed by atoms with van der Waals surface area (Å²) in [6.07, 6.45) is 0. The molecule has 0 radical (unpaired) electrons. The summed E-state index contributed by atoms with van der Waals surface area (Å²) in [6, 6.07) is 5.39. The molecule has 94 valence electrons. The fraction of sp³-hybridized carbons (Fsp3) is 0.417. The Morgan fingerprint density at radius 3 is 2.53 bits per heavy atom. The lowest BCUT2D eigenvalue weighted by molar-refractivity contribution is -0.124. The van der Waals surface area contributed by atoms with E-state index in [1.807, 2.05) is 0 Å². The molecule has 0 bridgehead atoms. The van der Waals surface area contributed by atoms with E-state index in [0.29, 0.717) is 5.75 Å². The Labute approximate surface area is 99.4 Å². The summed E-state index contributed by atoms with van der Waals surface area (Å²) < 4.78 is 17.7. The molecule has 0 spiro atoms. The minimum Gasteiger partial charge on any atom is -0.484 e. The molecule has 0 aromatic heterocycles. The SMILES string of the molecule is CC(C)(O)CNC(=O)COc1ccc(F)cc1. The third kappa shape index (κ3) is 5.87. The van der Waals surface area contributed by atoms with E-state index in [4.69, 9.17) is 4.74 Å². The van der Waals surface area contributed by atoms with Crippen LogP contribution in [0.25, 0.3) is 0 Å². The molecule has 0 aliphatic rings. The van der Waals surface area contributed by atoms with Gasteiger partial charge in [0.2, 0.25) is 0 Å². The van der Waals surface area contributed by atoms with E-state index in [2.05, 4.69) is 5.32 Å². The molecular weight excluding hydrogens is 225 g/mol. The monoisotopic (exact) mass is 241 g/mol. The Kier molecular flexibility index (Phi) is 4.45. The van der Waals surface area contributed by atoms with Gasteiger partial charge in [0.05, 0.1) is 5.60 Å². The lowest BCUT2D eigenvalue weighted by atomic mass is 10.1. The number of nitrogens with one attached hydrogen (secondary N) is 1. The highest BCUT2D eigenvalue weighted by Crippen LogP contribution is 2.10. The highest BCUT2D eigenvalue weighted by atomic mass is 19.1. The van der Waals surface area contributed by atoms with Crippen molar-refractivity contribution in [2.45, 2.75) is 19.4 Å². The molecule has 5 heteroatoms. The van der Waals surface area contributed by atoms with Gasteiger partial charge in [0, 0.05) is 6.54 Å². The molecular formula is C12H16FNO3. The van der Waals surface area contributed by atoms with Gasteiger partial charge in [-0.1, -0.05) is 0 Å². The first-order valence-corrected chi connectivity index (χ1v) is 5.24. The fourth-order valence-electron chi connectivity index (χ4n) is 1.05. The van der Waals surface area contributed by atoms with E-state index >= 15 is 0 Å². The van der Waals surface area contributed by atoms with Crippen molar-refractivity contribution >= 4 is 5.91 Å². The zero-order chi connectivity index (χ0) is 12.9. The molecule has 0 saturated heterocycles. The van der Waals surface area contributed by atoms with Gasteiger partial charge in [-0.3, -0.25) is 4.79 Å². The molecule has 1 rings (SSSR count). The number of rotatable bonds is 5. The van der Waals surface area contributed by atoms with Crippen LogP contribution < -0.4 is 10.1 Å². The van der Waals surface area contributed by atoms with Gasteiger partial charge < -0.3 is 15.2 Å². The molecule has 1 aromatic carbocycles. The molecule has 17 heavy (non-hydrogen) atoms. The summed E-state index contributed by atoms with van der Waals surface area (Å²) in [4.78, 5) is 11.3. The fourth-order valence-corrected chi connectivity index (χ4v) is 1.05. The second-order valence-corrected chi connectivity index (χ2v) is 4.33. The number of hydrogen-bond donors (Lipinski definition) is 2. The van der Waals surface area contributed by atoms with Gasteiger partial charge in [-0.2, -0.15) is 0 Å². The van der Waals surface area contributed by atoms with Crippen LogP contribution in [0.1, 0.15) is 13.8 Å². The average molecular weight is 241 g/mol. The highest BCUT2D eigenvalue weighted by Gasteiger charge is 2.13. The number of benzene rings is 1. The van der Waals surface area contributed by atoms with Crippen LogP contribution in [0, 0.1) is 5.82 Å². The molecule has 1 aromatic rings. The van der Waals surface area contributed by atoms with E-state index in [0.717, 1.165) is 0 Å². The first-order valence-electron chi connectivity index (χ1n) is 5.24. The van der Waals surface area contributed by atoms with Gasteiger partial charge in [-0.05, 0) is 38.1 Å². The summed E-state index contributed by atoms with van der Waals surface area (Å²) in [6.45, 7) is 3.17. The Balaban J connectivity index is 2.31. The first-order chi connectivity index (χ1) is 7.87. The first kappa shape index (κ1) is 13.4. The summed E-state index contributed by atoms with van der Waals surface area (Å²) >= 11 is 0. The van der Waals surface area contributed by atoms with Crippen LogP contribution in [0.2, 0.25) is 0 Å². The standard InChI is InChI=1S/C12H16FNO3/c1-12(2,16)8-14-11(15)7-17-10-5-3-9(13)4-6-10/h3-6,16H,7-8H2,1-2H3,(H,14,15). The molecule has 2 N–H and O–H groups in total. The normalized spacial score (nSPS) is 11.1. The molecule has 0 fully saturated rings. The van der Waals surface area contributed by atoms with Crippen LogP contribution in [-0.2, 0) is 4.79 Å². The van der Waals surface area contributed by atoms with Gasteiger partial charge in [-0.15, -0.1) is 0 Å². The molecule has 0 atom stereocenters. The van der Waals surface area contributed by atoms with Crippen molar-refractivity contribution in [1.82, 2.24) is 5.32 Å². The van der Waals surface area contributed by atoms with Crippen molar-refractivity contribution in [3.05, 3.63) is 30.1 Å². The number of carbonyl (C=O) groups excluding carboxylic acids is 1. The highest BCUT2D eigenvalue weighted by molar-refractivity contribution is 5.77. The lowest BCUT2D eigenvalue weighted by Crippen LogP contribution is -2.40. The Morgan fingerprint density at radius 1 is 1.41 bits per heavy atom. The van der Waals surface area contributed by atoms with Crippen LogP contribution >= 0.6 is 0 Å². The van der Waals surface area contributed by atoms with Crippen LogP contribution in [0.4, 0.5) is 4.39 Å². The van der Waals surface area contributed by atoms with Crippen molar-refractivity contribution in [3.63, 3.8) is 0 Å². The maximum absolute atomic E-state index is 12.6. The Bertz CT molecular complexity index is 370. The number of ether oxygens (including phenoxy) is 1. The van der Waals surface area contributed by atoms with Crippen molar-refractivity contribution in [1.29, 1.82) is 0 Å². The van der Waals surface area contributed by atoms with E-state index in [-0.39, 0.29) is 24.9 Å². The maximum atomic E-state index is 12.6. The van der Waals surface area contributed by atoms with Crippen molar-refractivity contribution in [2.24, 2.45) is 0 Å². The van der Waals surface area contributed by atoms with Crippen molar-refractivity contribution in [3.8, 4) is 5.75 Å². The molecule has 1 amide bonds. The van der Waals surface area contributed by atoms with Crippen LogP contribution in [0.5, 0.6) is 5.75 Å². The predicted octanol–water partition coefficient (Wildman–Crippen LogP) is 1.09. The third-order valence-electron chi connectivity index (χ3n) is 1.90. The Hall–Kier alpha value is -1.62. The van der Waals surface area contributed by atoms with Gasteiger partial charge in [-0.25, -0.2) is 4.39 Å². The van der Waals surface area contributed by atoms with Gasteiger partial charge >= 0.3 is 0 Å². The topological polar surface area (TPSA) is 58.6 Å². The smallest absolute Gasteiger partial charge is 0.258 e. The summed E-state index contributed by atoms with van der Waals surface area (Å²) in [5.74, 6) is -0.273. The summed E-state index contributed by atoms with van der Waals surface area (Å²) in [5, 5.41) is 11.9. The van der Waals surface area contributed by atoms with Crippen LogP contribution in [0.15, 0.2) is 24.3 Å². The third-order valence-corrected chi connectivity index (χ3v) is 1.90. The molecule has 0 heterocycles. The second kappa shape index (κ2) is 5.63. The lowest BCUT2D eigenvalue weighted by Gasteiger charge is -2.17. The minimum absolute atomic E-state index is 0.151. The largest absolute Gasteiger partial charge is 0.484 e. The predicted molar refractivity (Wildman–Crippen MR) is 61.2 cm³/mol. The van der Waals surface area contributed by atoms with E-state index in [1.54, 1.807) is 13.8 Å². The van der Waals surface area contributed by atoms with Gasteiger partial charge in [0.25, 0.3) is 5.91 Å². The number of halogens is 1. The van der Waals surface area contributed by atoms with Gasteiger partial charge in [0.15, 0.2) is 6.61 Å². The maximum Gasteiger partial charge on any atom is 0.258 e. The number of carbonyl (C=O) groups is 1. The van der Waals surface area contributed by atoms with E-state index in [9.17, 15) is 14.3 Å². The molecule has 0 aliphatic heterocycles. The second-order valence-electron chi connectivity index (χ2n) is 4.33. The van der Waals surface area contributed by atoms with Crippen LogP contribution in [0.3, 0.4) is 0 Å². The molecule has 0 unspecified atom stereocenters.